The second-order valence-corrected chi connectivity index (χ2v) is 3.26. The van der Waals surface area contributed by atoms with Crippen LogP contribution in [-0.4, -0.2) is 17.7 Å². The van der Waals surface area contributed by atoms with E-state index in [0.29, 0.717) is 24.7 Å². The molecule has 1 N–H and O–H groups in total. The summed E-state index contributed by atoms with van der Waals surface area (Å²) in [6.45, 7) is 8.46. The Labute approximate surface area is 79.4 Å². The lowest BCUT2D eigenvalue weighted by Gasteiger charge is -2.12. The lowest BCUT2D eigenvalue weighted by atomic mass is 10.1. The molecule has 0 rings (SSSR count). The summed E-state index contributed by atoms with van der Waals surface area (Å²) < 4.78 is 5.29. The van der Waals surface area contributed by atoms with Crippen LogP contribution in [0.15, 0.2) is 12.3 Å². The minimum Gasteiger partial charge on any atom is -0.498 e. The van der Waals surface area contributed by atoms with Gasteiger partial charge in [-0.25, -0.2) is 0 Å². The SMILES string of the molecule is C=C(CCC(=O)O)OCC(C)CC. The Balaban J connectivity index is 3.46. The average molecular weight is 186 g/mol. The van der Waals surface area contributed by atoms with Crippen molar-refractivity contribution in [2.24, 2.45) is 5.92 Å². The summed E-state index contributed by atoms with van der Waals surface area (Å²) in [4.78, 5) is 10.2. The summed E-state index contributed by atoms with van der Waals surface area (Å²) in [5.74, 6) is 0.262. The van der Waals surface area contributed by atoms with E-state index in [9.17, 15) is 4.79 Å². The number of rotatable bonds is 7. The highest BCUT2D eigenvalue weighted by Crippen LogP contribution is 2.08. The van der Waals surface area contributed by atoms with Crippen LogP contribution >= 0.6 is 0 Å². The standard InChI is InChI=1S/C10H18O3/c1-4-8(2)7-13-9(3)5-6-10(11)12/h8H,3-7H2,1-2H3,(H,11,12). The molecule has 13 heavy (non-hydrogen) atoms. The molecule has 76 valence electrons. The van der Waals surface area contributed by atoms with Crippen LogP contribution in [0.25, 0.3) is 0 Å². The van der Waals surface area contributed by atoms with Crippen molar-refractivity contribution in [1.29, 1.82) is 0 Å². The van der Waals surface area contributed by atoms with Crippen molar-refractivity contribution in [3.8, 4) is 0 Å². The number of hydrogen-bond acceptors (Lipinski definition) is 2. The fourth-order valence-electron chi connectivity index (χ4n) is 0.696. The number of hydrogen-bond donors (Lipinski definition) is 1. The van der Waals surface area contributed by atoms with Crippen LogP contribution in [0.5, 0.6) is 0 Å². The number of aliphatic carboxylic acids is 1. The van der Waals surface area contributed by atoms with Crippen LogP contribution in [0, 0.1) is 5.92 Å². The second-order valence-electron chi connectivity index (χ2n) is 3.26. The van der Waals surface area contributed by atoms with Crippen LogP contribution in [0.3, 0.4) is 0 Å². The molecule has 0 saturated carbocycles. The van der Waals surface area contributed by atoms with Crippen LogP contribution in [0.1, 0.15) is 33.1 Å². The lowest BCUT2D eigenvalue weighted by Crippen LogP contribution is -2.05. The predicted molar refractivity (Wildman–Crippen MR) is 51.4 cm³/mol. The molecule has 1 unspecified atom stereocenters. The Hall–Kier alpha value is -0.990. The molecular formula is C10H18O3. The van der Waals surface area contributed by atoms with Crippen LogP contribution < -0.4 is 0 Å². The Bertz CT molecular complexity index is 175. The molecule has 0 spiro atoms. The Morgan fingerprint density at radius 3 is 2.62 bits per heavy atom. The van der Waals surface area contributed by atoms with Crippen LogP contribution in [-0.2, 0) is 9.53 Å². The maximum Gasteiger partial charge on any atom is 0.303 e. The molecule has 0 aromatic heterocycles. The van der Waals surface area contributed by atoms with Gasteiger partial charge in [-0.05, 0) is 5.92 Å². The highest BCUT2D eigenvalue weighted by Gasteiger charge is 2.03. The molecule has 3 nitrogen and oxygen atoms in total. The lowest BCUT2D eigenvalue weighted by molar-refractivity contribution is -0.137. The molecule has 3 heteroatoms. The van der Waals surface area contributed by atoms with Gasteiger partial charge in [0.1, 0.15) is 0 Å². The second kappa shape index (κ2) is 6.52. The molecule has 0 fully saturated rings. The van der Waals surface area contributed by atoms with Crippen molar-refractivity contribution in [2.45, 2.75) is 33.1 Å². The van der Waals surface area contributed by atoms with Gasteiger partial charge < -0.3 is 9.84 Å². The van der Waals surface area contributed by atoms with Gasteiger partial charge in [-0.2, -0.15) is 0 Å². The van der Waals surface area contributed by atoms with E-state index in [1.54, 1.807) is 0 Å². The van der Waals surface area contributed by atoms with Gasteiger partial charge >= 0.3 is 5.97 Å². The topological polar surface area (TPSA) is 46.5 Å². The van der Waals surface area contributed by atoms with Crippen molar-refractivity contribution in [2.75, 3.05) is 6.61 Å². The monoisotopic (exact) mass is 186 g/mol. The number of carbonyl (C=O) groups is 1. The van der Waals surface area contributed by atoms with E-state index in [1.807, 2.05) is 0 Å². The largest absolute Gasteiger partial charge is 0.498 e. The Morgan fingerprint density at radius 1 is 1.54 bits per heavy atom. The highest BCUT2D eigenvalue weighted by atomic mass is 16.5. The maximum absolute atomic E-state index is 10.2. The fourth-order valence-corrected chi connectivity index (χ4v) is 0.696. The minimum atomic E-state index is -0.812. The fraction of sp³-hybridized carbons (Fsp3) is 0.700. The van der Waals surface area contributed by atoms with Gasteiger partial charge in [-0.15, -0.1) is 0 Å². The van der Waals surface area contributed by atoms with Gasteiger partial charge in [0.2, 0.25) is 0 Å². The van der Waals surface area contributed by atoms with E-state index >= 15 is 0 Å². The molecule has 0 aliphatic rings. The van der Waals surface area contributed by atoms with Crippen molar-refractivity contribution in [1.82, 2.24) is 0 Å². The zero-order valence-electron chi connectivity index (χ0n) is 8.38. The van der Waals surface area contributed by atoms with Gasteiger partial charge in [0.15, 0.2) is 0 Å². The molecule has 0 amide bonds. The molecule has 0 aliphatic heterocycles. The third kappa shape index (κ3) is 7.37. The van der Waals surface area contributed by atoms with Gasteiger partial charge in [-0.3, -0.25) is 4.79 Å². The zero-order valence-corrected chi connectivity index (χ0v) is 8.38. The number of ether oxygens (including phenoxy) is 1. The molecule has 0 radical (unpaired) electrons. The molecule has 0 bridgehead atoms. The summed E-state index contributed by atoms with van der Waals surface area (Å²) >= 11 is 0. The third-order valence-electron chi connectivity index (χ3n) is 1.89. The van der Waals surface area contributed by atoms with Crippen molar-refractivity contribution in [3.63, 3.8) is 0 Å². The smallest absolute Gasteiger partial charge is 0.303 e. The van der Waals surface area contributed by atoms with E-state index in [-0.39, 0.29) is 6.42 Å². The Morgan fingerprint density at radius 2 is 2.15 bits per heavy atom. The van der Waals surface area contributed by atoms with Crippen LogP contribution in [0.2, 0.25) is 0 Å². The van der Waals surface area contributed by atoms with Gasteiger partial charge in [-0.1, -0.05) is 26.8 Å². The summed E-state index contributed by atoms with van der Waals surface area (Å²) in [5.41, 5.74) is 0. The van der Waals surface area contributed by atoms with E-state index in [4.69, 9.17) is 9.84 Å². The van der Waals surface area contributed by atoms with Gasteiger partial charge in [0.05, 0.1) is 18.8 Å². The van der Waals surface area contributed by atoms with Crippen LogP contribution in [0.4, 0.5) is 0 Å². The normalized spacial score (nSPS) is 12.2. The highest BCUT2D eigenvalue weighted by molar-refractivity contribution is 5.66. The maximum atomic E-state index is 10.2. The quantitative estimate of drug-likeness (QED) is 0.621. The average Bonchev–Trinajstić information content (AvgIpc) is 2.10. The van der Waals surface area contributed by atoms with E-state index in [1.165, 1.54) is 0 Å². The molecule has 0 heterocycles. The van der Waals surface area contributed by atoms with Crippen molar-refractivity contribution >= 4 is 5.97 Å². The summed E-state index contributed by atoms with van der Waals surface area (Å²) in [6, 6.07) is 0. The molecular weight excluding hydrogens is 168 g/mol. The molecule has 0 aliphatic carbocycles. The van der Waals surface area contributed by atoms with E-state index in [2.05, 4.69) is 20.4 Å². The summed E-state index contributed by atoms with van der Waals surface area (Å²) in [5, 5.41) is 8.39. The zero-order chi connectivity index (χ0) is 10.3. The first-order valence-electron chi connectivity index (χ1n) is 4.58. The summed E-state index contributed by atoms with van der Waals surface area (Å²) in [6.07, 6.45) is 1.57. The first kappa shape index (κ1) is 12.0. The van der Waals surface area contributed by atoms with Crippen molar-refractivity contribution in [3.05, 3.63) is 12.3 Å². The van der Waals surface area contributed by atoms with Gasteiger partial charge in [0.25, 0.3) is 0 Å². The number of carboxylic acid groups (broad SMARTS) is 1. The molecule has 1 atom stereocenters. The number of allylic oxidation sites excluding steroid dienone is 1. The van der Waals surface area contributed by atoms with E-state index < -0.39 is 5.97 Å². The van der Waals surface area contributed by atoms with Crippen molar-refractivity contribution < 1.29 is 14.6 Å². The first-order valence-corrected chi connectivity index (χ1v) is 4.58. The van der Waals surface area contributed by atoms with E-state index in [0.717, 1.165) is 6.42 Å². The van der Waals surface area contributed by atoms with Gasteiger partial charge in [0, 0.05) is 6.42 Å². The summed E-state index contributed by atoms with van der Waals surface area (Å²) in [7, 11) is 0. The Kier molecular flexibility index (Phi) is 6.02. The molecule has 0 aromatic carbocycles. The molecule has 0 aromatic rings. The first-order chi connectivity index (χ1) is 6.06. The third-order valence-corrected chi connectivity index (χ3v) is 1.89. The minimum absolute atomic E-state index is 0.0966. The predicted octanol–water partition coefficient (Wildman–Crippen LogP) is 2.43. The number of carboxylic acids is 1. The molecule has 0 saturated heterocycles.